The molecule has 1 amide bonds. The van der Waals surface area contributed by atoms with E-state index >= 15 is 0 Å². The Morgan fingerprint density at radius 1 is 1.32 bits per heavy atom. The van der Waals surface area contributed by atoms with Crippen molar-refractivity contribution in [3.05, 3.63) is 21.4 Å². The number of carboxylic acids is 1. The zero-order valence-corrected chi connectivity index (χ0v) is 14.7. The van der Waals surface area contributed by atoms with Crippen LogP contribution in [-0.2, 0) is 16.0 Å². The van der Waals surface area contributed by atoms with Gasteiger partial charge in [0.15, 0.2) is 0 Å². The van der Waals surface area contributed by atoms with Crippen LogP contribution in [0.5, 0.6) is 0 Å². The van der Waals surface area contributed by atoms with Crippen molar-refractivity contribution in [1.29, 1.82) is 0 Å². The van der Waals surface area contributed by atoms with E-state index in [9.17, 15) is 14.7 Å². The molecular weight excluding hydrogens is 318 g/mol. The van der Waals surface area contributed by atoms with Crippen LogP contribution in [0.2, 0.25) is 0 Å². The van der Waals surface area contributed by atoms with Crippen LogP contribution in [-0.4, -0.2) is 34.0 Å². The van der Waals surface area contributed by atoms with Crippen molar-refractivity contribution in [2.75, 3.05) is 11.5 Å². The summed E-state index contributed by atoms with van der Waals surface area (Å²) in [5, 5.41) is 12.2. The quantitative estimate of drug-likeness (QED) is 0.834. The van der Waals surface area contributed by atoms with Crippen molar-refractivity contribution in [2.24, 2.45) is 0 Å². The number of nitrogens with one attached hydrogen (secondary N) is 1. The Hall–Kier alpha value is -1.01. The van der Waals surface area contributed by atoms with Crippen LogP contribution in [0.15, 0.2) is 6.07 Å². The molecule has 2 N–H and O–H groups in total. The molecule has 1 aromatic heterocycles. The molecule has 0 radical (unpaired) electrons. The molecule has 22 heavy (non-hydrogen) atoms. The minimum Gasteiger partial charge on any atom is -0.480 e. The minimum atomic E-state index is -1.04. The minimum absolute atomic E-state index is 0.140. The highest BCUT2D eigenvalue weighted by Gasteiger charge is 2.40. The van der Waals surface area contributed by atoms with Crippen LogP contribution in [0.3, 0.4) is 0 Å². The van der Waals surface area contributed by atoms with Gasteiger partial charge in [-0.3, -0.25) is 4.79 Å². The zero-order chi connectivity index (χ0) is 16.2. The summed E-state index contributed by atoms with van der Waals surface area (Å²) in [5.74, 6) is 0.546. The number of hydrogen-bond donors (Lipinski definition) is 2. The van der Waals surface area contributed by atoms with Crippen molar-refractivity contribution >= 4 is 35.0 Å². The third-order valence-electron chi connectivity index (χ3n) is 4.13. The van der Waals surface area contributed by atoms with Gasteiger partial charge in [-0.1, -0.05) is 0 Å². The molecule has 2 heterocycles. The van der Waals surface area contributed by atoms with Gasteiger partial charge in [-0.15, -0.1) is 11.3 Å². The number of aryl methyl sites for hydroxylation is 3. The molecule has 0 saturated carbocycles. The van der Waals surface area contributed by atoms with Gasteiger partial charge >= 0.3 is 5.97 Å². The van der Waals surface area contributed by atoms with Gasteiger partial charge in [0.1, 0.15) is 5.54 Å². The van der Waals surface area contributed by atoms with E-state index in [0.717, 1.165) is 24.3 Å². The Balaban J connectivity index is 1.84. The van der Waals surface area contributed by atoms with Crippen molar-refractivity contribution in [2.45, 2.75) is 51.5 Å². The second-order valence-corrected chi connectivity index (χ2v) is 8.53. The number of carbonyl (C=O) groups excluding carboxylic acids is 1. The van der Waals surface area contributed by atoms with Gasteiger partial charge in [0.05, 0.1) is 0 Å². The molecule has 0 aromatic carbocycles. The summed E-state index contributed by atoms with van der Waals surface area (Å²) >= 11 is 3.53. The van der Waals surface area contributed by atoms with Gasteiger partial charge in [0.2, 0.25) is 5.91 Å². The van der Waals surface area contributed by atoms with Gasteiger partial charge in [-0.2, -0.15) is 11.8 Å². The number of aliphatic carboxylic acids is 1. The van der Waals surface area contributed by atoms with Crippen molar-refractivity contribution in [3.63, 3.8) is 0 Å². The van der Waals surface area contributed by atoms with Gasteiger partial charge in [0.25, 0.3) is 0 Å². The van der Waals surface area contributed by atoms with E-state index in [2.05, 4.69) is 25.2 Å². The predicted octanol–water partition coefficient (Wildman–Crippen LogP) is 3.15. The molecule has 1 aliphatic rings. The Morgan fingerprint density at radius 2 is 2.00 bits per heavy atom. The molecular formula is C16H23NO3S2. The molecule has 1 aromatic rings. The third kappa shape index (κ3) is 4.26. The lowest BCUT2D eigenvalue weighted by atomic mass is 9.92. The van der Waals surface area contributed by atoms with Crippen molar-refractivity contribution < 1.29 is 14.7 Å². The summed E-state index contributed by atoms with van der Waals surface area (Å²) in [7, 11) is 0. The summed E-state index contributed by atoms with van der Waals surface area (Å²) in [6.07, 6.45) is 3.05. The molecule has 122 valence electrons. The summed E-state index contributed by atoms with van der Waals surface area (Å²) in [6.45, 7) is 4.19. The summed E-state index contributed by atoms with van der Waals surface area (Å²) in [5.41, 5.74) is 0.259. The highest BCUT2D eigenvalue weighted by atomic mass is 32.2. The SMILES string of the molecule is Cc1cc(CCCC(=O)NC2(C(=O)O)CCSCC2)c(C)s1. The molecule has 4 nitrogen and oxygen atoms in total. The molecule has 1 fully saturated rings. The first-order chi connectivity index (χ1) is 10.4. The topological polar surface area (TPSA) is 66.4 Å². The van der Waals surface area contributed by atoms with E-state index in [1.165, 1.54) is 15.3 Å². The fourth-order valence-electron chi connectivity index (χ4n) is 2.81. The first-order valence-corrected chi connectivity index (χ1v) is 9.58. The fraction of sp³-hybridized carbons (Fsp3) is 0.625. The van der Waals surface area contributed by atoms with Gasteiger partial charge in [-0.05, 0) is 62.7 Å². The number of thiophene rings is 1. The van der Waals surface area contributed by atoms with Crippen LogP contribution >= 0.6 is 23.1 Å². The van der Waals surface area contributed by atoms with Crippen molar-refractivity contribution in [1.82, 2.24) is 5.32 Å². The number of rotatable bonds is 6. The second-order valence-electron chi connectivity index (χ2n) is 5.84. The maximum atomic E-state index is 12.1. The van der Waals surface area contributed by atoms with E-state index in [-0.39, 0.29) is 5.91 Å². The largest absolute Gasteiger partial charge is 0.480 e. The van der Waals surface area contributed by atoms with E-state index in [1.807, 2.05) is 0 Å². The number of thioether (sulfide) groups is 1. The summed E-state index contributed by atoms with van der Waals surface area (Å²) < 4.78 is 0. The van der Waals surface area contributed by atoms with Gasteiger partial charge in [0, 0.05) is 16.2 Å². The van der Waals surface area contributed by atoms with Crippen LogP contribution < -0.4 is 5.32 Å². The maximum absolute atomic E-state index is 12.1. The average molecular weight is 341 g/mol. The number of hydrogen-bond acceptors (Lipinski definition) is 4. The Kier molecular flexibility index (Phi) is 5.92. The average Bonchev–Trinajstić information content (AvgIpc) is 2.78. The zero-order valence-electron chi connectivity index (χ0n) is 13.1. The predicted molar refractivity (Wildman–Crippen MR) is 91.8 cm³/mol. The Morgan fingerprint density at radius 3 is 2.55 bits per heavy atom. The van der Waals surface area contributed by atoms with Crippen LogP contribution in [0.1, 0.15) is 41.0 Å². The summed E-state index contributed by atoms with van der Waals surface area (Å²) in [6, 6.07) is 2.18. The van der Waals surface area contributed by atoms with Crippen LogP contribution in [0.4, 0.5) is 0 Å². The Bertz CT molecular complexity index is 548. The molecule has 0 bridgehead atoms. The smallest absolute Gasteiger partial charge is 0.329 e. The fourth-order valence-corrected chi connectivity index (χ4v) is 4.98. The molecule has 0 spiro atoms. The first-order valence-electron chi connectivity index (χ1n) is 7.61. The maximum Gasteiger partial charge on any atom is 0.329 e. The van der Waals surface area contributed by atoms with E-state index in [0.29, 0.717) is 19.3 Å². The molecule has 0 atom stereocenters. The second kappa shape index (κ2) is 7.51. The highest BCUT2D eigenvalue weighted by Crippen LogP contribution is 2.28. The van der Waals surface area contributed by atoms with Crippen LogP contribution in [0.25, 0.3) is 0 Å². The lowest BCUT2D eigenvalue weighted by Gasteiger charge is -2.33. The normalized spacial score (nSPS) is 17.2. The molecule has 1 saturated heterocycles. The molecule has 1 aliphatic heterocycles. The third-order valence-corrected chi connectivity index (χ3v) is 6.12. The van der Waals surface area contributed by atoms with E-state index < -0.39 is 11.5 Å². The number of carboxylic acid groups (broad SMARTS) is 1. The molecule has 2 rings (SSSR count). The van der Waals surface area contributed by atoms with Crippen LogP contribution in [0, 0.1) is 13.8 Å². The first kappa shape index (κ1) is 17.3. The van der Waals surface area contributed by atoms with E-state index in [1.54, 1.807) is 23.1 Å². The Labute approximate surface area is 139 Å². The molecule has 6 heteroatoms. The highest BCUT2D eigenvalue weighted by molar-refractivity contribution is 7.99. The lowest BCUT2D eigenvalue weighted by Crippen LogP contribution is -2.56. The van der Waals surface area contributed by atoms with Crippen molar-refractivity contribution in [3.8, 4) is 0 Å². The summed E-state index contributed by atoms with van der Waals surface area (Å²) in [4.78, 5) is 26.3. The van der Waals surface area contributed by atoms with Gasteiger partial charge < -0.3 is 10.4 Å². The van der Waals surface area contributed by atoms with Gasteiger partial charge in [-0.25, -0.2) is 4.79 Å². The number of amides is 1. The molecule has 0 unspecified atom stereocenters. The molecule has 0 aliphatic carbocycles. The lowest BCUT2D eigenvalue weighted by molar-refractivity contribution is -0.148. The number of carbonyl (C=O) groups is 2. The standard InChI is InChI=1S/C16H23NO3S2/c1-11-10-13(12(2)22-11)4-3-5-14(18)17-16(15(19)20)6-8-21-9-7-16/h10H,3-9H2,1-2H3,(H,17,18)(H,19,20). The van der Waals surface area contributed by atoms with E-state index in [4.69, 9.17) is 0 Å². The monoisotopic (exact) mass is 341 g/mol.